The van der Waals surface area contributed by atoms with Gasteiger partial charge >= 0.3 is 0 Å². The summed E-state index contributed by atoms with van der Waals surface area (Å²) in [5.74, 6) is -0.126. The quantitative estimate of drug-likeness (QED) is 0.596. The van der Waals surface area contributed by atoms with Crippen LogP contribution in [0.5, 0.6) is 0 Å². The van der Waals surface area contributed by atoms with Gasteiger partial charge < -0.3 is 5.32 Å². The van der Waals surface area contributed by atoms with Crippen molar-refractivity contribution in [2.75, 3.05) is 19.6 Å². The first-order valence-corrected chi connectivity index (χ1v) is 12.3. The van der Waals surface area contributed by atoms with Crippen LogP contribution >= 0.6 is 0 Å². The lowest BCUT2D eigenvalue weighted by Crippen LogP contribution is -2.34. The summed E-state index contributed by atoms with van der Waals surface area (Å²) in [7, 11) is -3.55. The molecular formula is C24H27N3O4S. The maximum absolute atomic E-state index is 12.9. The number of hydrogen-bond acceptors (Lipinski definition) is 4. The van der Waals surface area contributed by atoms with Crippen molar-refractivity contribution in [1.29, 1.82) is 0 Å². The average molecular weight is 454 g/mol. The van der Waals surface area contributed by atoms with E-state index in [-0.39, 0.29) is 28.8 Å². The molecule has 2 aromatic carbocycles. The van der Waals surface area contributed by atoms with Crippen LogP contribution < -0.4 is 10.9 Å². The molecule has 1 saturated heterocycles. The summed E-state index contributed by atoms with van der Waals surface area (Å²) in [5, 5.41) is 3.50. The Morgan fingerprint density at radius 1 is 1.03 bits per heavy atom. The van der Waals surface area contributed by atoms with Crippen molar-refractivity contribution in [3.05, 3.63) is 76.6 Å². The molecule has 1 unspecified atom stereocenters. The van der Waals surface area contributed by atoms with Crippen molar-refractivity contribution in [2.45, 2.75) is 37.1 Å². The second kappa shape index (κ2) is 9.26. The highest BCUT2D eigenvalue weighted by molar-refractivity contribution is 7.89. The number of sulfonamides is 1. The largest absolute Gasteiger partial charge is 0.354 e. The molecule has 1 fully saturated rings. The molecule has 1 N–H and O–H groups in total. The number of nitrogens with zero attached hydrogens (tertiary/aromatic N) is 2. The Labute approximate surface area is 187 Å². The van der Waals surface area contributed by atoms with Crippen molar-refractivity contribution in [3.63, 3.8) is 0 Å². The Morgan fingerprint density at radius 3 is 2.47 bits per heavy atom. The molecule has 168 valence electrons. The average Bonchev–Trinajstić information content (AvgIpc) is 3.35. The number of carbonyl (C=O) groups excluding carboxylic acids is 1. The summed E-state index contributed by atoms with van der Waals surface area (Å²) in [5.41, 5.74) is 1.35. The SMILES string of the molecule is CC(CNC(=O)Cn1c(=O)ccc2cc(S(=O)(=O)N3CCCC3)ccc21)c1ccccc1. The van der Waals surface area contributed by atoms with E-state index in [1.54, 1.807) is 18.2 Å². The zero-order valence-corrected chi connectivity index (χ0v) is 18.8. The lowest BCUT2D eigenvalue weighted by molar-refractivity contribution is -0.121. The van der Waals surface area contributed by atoms with Gasteiger partial charge in [-0.1, -0.05) is 37.3 Å². The molecule has 0 spiro atoms. The fourth-order valence-electron chi connectivity index (χ4n) is 4.05. The zero-order chi connectivity index (χ0) is 22.7. The highest BCUT2D eigenvalue weighted by Crippen LogP contribution is 2.24. The highest BCUT2D eigenvalue weighted by atomic mass is 32.2. The van der Waals surface area contributed by atoms with Gasteiger partial charge in [-0.15, -0.1) is 0 Å². The van der Waals surface area contributed by atoms with E-state index in [0.717, 1.165) is 18.4 Å². The Balaban J connectivity index is 1.53. The van der Waals surface area contributed by atoms with Crippen molar-refractivity contribution >= 4 is 26.8 Å². The molecule has 0 aliphatic carbocycles. The molecule has 0 bridgehead atoms. The molecule has 7 nitrogen and oxygen atoms in total. The summed E-state index contributed by atoms with van der Waals surface area (Å²) in [6, 6.07) is 17.6. The Morgan fingerprint density at radius 2 is 1.75 bits per heavy atom. The molecule has 1 amide bonds. The molecule has 0 saturated carbocycles. The summed E-state index contributed by atoms with van der Waals surface area (Å²) in [4.78, 5) is 25.3. The van der Waals surface area contributed by atoms with E-state index in [0.29, 0.717) is 30.5 Å². The van der Waals surface area contributed by atoms with E-state index in [9.17, 15) is 18.0 Å². The maximum atomic E-state index is 12.9. The minimum atomic E-state index is -3.55. The molecule has 3 aromatic rings. The zero-order valence-electron chi connectivity index (χ0n) is 18.0. The van der Waals surface area contributed by atoms with E-state index in [4.69, 9.17) is 0 Å². The smallest absolute Gasteiger partial charge is 0.251 e. The number of amides is 1. The van der Waals surface area contributed by atoms with Gasteiger partial charge in [0.1, 0.15) is 6.54 Å². The van der Waals surface area contributed by atoms with Crippen LogP contribution in [0, 0.1) is 0 Å². The van der Waals surface area contributed by atoms with Gasteiger partial charge in [0, 0.05) is 25.7 Å². The third kappa shape index (κ3) is 4.61. The number of fused-ring (bicyclic) bond motifs is 1. The van der Waals surface area contributed by atoms with Gasteiger partial charge in [-0.3, -0.25) is 14.2 Å². The molecule has 4 rings (SSSR count). The lowest BCUT2D eigenvalue weighted by atomic mass is 10.0. The minimum Gasteiger partial charge on any atom is -0.354 e. The third-order valence-electron chi connectivity index (χ3n) is 5.94. The fraction of sp³-hybridized carbons (Fsp3) is 0.333. The standard InChI is InChI=1S/C24H27N3O4S/c1-18(19-7-3-2-4-8-19)16-25-23(28)17-27-22-11-10-21(15-20(22)9-12-24(27)29)32(30,31)26-13-5-6-14-26/h2-4,7-12,15,18H,5-6,13-14,16-17H2,1H3,(H,25,28). The molecule has 2 heterocycles. The predicted octanol–water partition coefficient (Wildman–Crippen LogP) is 2.71. The first kappa shape index (κ1) is 22.2. The van der Waals surface area contributed by atoms with E-state index in [1.165, 1.54) is 21.0 Å². The molecule has 32 heavy (non-hydrogen) atoms. The summed E-state index contributed by atoms with van der Waals surface area (Å²) < 4.78 is 28.6. The number of rotatable bonds is 7. The van der Waals surface area contributed by atoms with Crippen LogP contribution in [0.2, 0.25) is 0 Å². The number of hydrogen-bond donors (Lipinski definition) is 1. The van der Waals surface area contributed by atoms with Gasteiger partial charge in [-0.25, -0.2) is 8.42 Å². The minimum absolute atomic E-state index is 0.129. The normalized spacial score (nSPS) is 15.7. The highest BCUT2D eigenvalue weighted by Gasteiger charge is 2.27. The Kier molecular flexibility index (Phi) is 6.43. The van der Waals surface area contributed by atoms with Gasteiger partial charge in [0.15, 0.2) is 0 Å². The number of aromatic nitrogens is 1. The van der Waals surface area contributed by atoms with E-state index in [1.807, 2.05) is 37.3 Å². The van der Waals surface area contributed by atoms with Crippen LogP contribution in [0.3, 0.4) is 0 Å². The second-order valence-electron chi connectivity index (χ2n) is 8.21. The first-order chi connectivity index (χ1) is 15.4. The number of nitrogens with one attached hydrogen (secondary N) is 1. The van der Waals surface area contributed by atoms with Crippen molar-refractivity contribution in [2.24, 2.45) is 0 Å². The molecular weight excluding hydrogens is 426 g/mol. The topological polar surface area (TPSA) is 88.5 Å². The van der Waals surface area contributed by atoms with Crippen molar-refractivity contribution < 1.29 is 13.2 Å². The van der Waals surface area contributed by atoms with E-state index in [2.05, 4.69) is 5.32 Å². The Bertz CT molecular complexity index is 1280. The van der Waals surface area contributed by atoms with Gasteiger partial charge in [0.25, 0.3) is 5.56 Å². The number of benzene rings is 2. The van der Waals surface area contributed by atoms with Crippen LogP contribution in [0.25, 0.3) is 10.9 Å². The van der Waals surface area contributed by atoms with Crippen LogP contribution in [0.15, 0.2) is 70.4 Å². The molecule has 0 radical (unpaired) electrons. The molecule has 1 atom stereocenters. The summed E-state index contributed by atoms with van der Waals surface area (Å²) >= 11 is 0. The van der Waals surface area contributed by atoms with Crippen LogP contribution in [0.4, 0.5) is 0 Å². The fourth-order valence-corrected chi connectivity index (χ4v) is 5.60. The monoisotopic (exact) mass is 453 g/mol. The summed E-state index contributed by atoms with van der Waals surface area (Å²) in [6.07, 6.45) is 1.73. The predicted molar refractivity (Wildman–Crippen MR) is 124 cm³/mol. The van der Waals surface area contributed by atoms with Crippen molar-refractivity contribution in [1.82, 2.24) is 14.2 Å². The van der Waals surface area contributed by atoms with Crippen LogP contribution in [0.1, 0.15) is 31.2 Å². The molecule has 1 aliphatic rings. The van der Waals surface area contributed by atoms with Gasteiger partial charge in [0.2, 0.25) is 15.9 Å². The van der Waals surface area contributed by atoms with Crippen LogP contribution in [-0.2, 0) is 21.4 Å². The van der Waals surface area contributed by atoms with Gasteiger partial charge in [-0.05, 0) is 54.0 Å². The third-order valence-corrected chi connectivity index (χ3v) is 7.83. The molecule has 1 aliphatic heterocycles. The Hall–Kier alpha value is -2.97. The van der Waals surface area contributed by atoms with Crippen LogP contribution in [-0.4, -0.2) is 42.8 Å². The lowest BCUT2D eigenvalue weighted by Gasteiger charge is -2.17. The van der Waals surface area contributed by atoms with Gasteiger partial charge in [0.05, 0.1) is 10.4 Å². The maximum Gasteiger partial charge on any atom is 0.251 e. The molecule has 1 aromatic heterocycles. The number of carbonyl (C=O) groups is 1. The first-order valence-electron chi connectivity index (χ1n) is 10.8. The number of pyridine rings is 1. The second-order valence-corrected chi connectivity index (χ2v) is 10.1. The van der Waals surface area contributed by atoms with E-state index >= 15 is 0 Å². The van der Waals surface area contributed by atoms with Gasteiger partial charge in [-0.2, -0.15) is 4.31 Å². The molecule has 8 heteroatoms. The van der Waals surface area contributed by atoms with Crippen molar-refractivity contribution in [3.8, 4) is 0 Å². The summed E-state index contributed by atoms with van der Waals surface area (Å²) in [6.45, 7) is 3.42. The van der Waals surface area contributed by atoms with E-state index < -0.39 is 10.0 Å².